The molecule has 0 bridgehead atoms. The Morgan fingerprint density at radius 2 is 2.00 bits per heavy atom. The van der Waals surface area contributed by atoms with Crippen molar-refractivity contribution in [2.45, 2.75) is 49.4 Å². The molecule has 26 heavy (non-hydrogen) atoms. The normalized spacial score (nSPS) is 28.8. The Kier molecular flexibility index (Phi) is 4.34. The second-order valence-corrected chi connectivity index (χ2v) is 9.21. The molecule has 0 radical (unpaired) electrons. The average Bonchev–Trinajstić information content (AvgIpc) is 2.96. The number of sulfonamides is 1. The van der Waals surface area contributed by atoms with E-state index in [2.05, 4.69) is 19.7 Å². The van der Waals surface area contributed by atoms with Crippen molar-refractivity contribution in [2.75, 3.05) is 11.9 Å². The highest BCUT2D eigenvalue weighted by Crippen LogP contribution is 2.38. The number of hydrogen-bond acceptors (Lipinski definition) is 5. The summed E-state index contributed by atoms with van der Waals surface area (Å²) in [5.74, 6) is 0.0275. The van der Waals surface area contributed by atoms with Crippen LogP contribution in [0.1, 0.15) is 25.7 Å². The van der Waals surface area contributed by atoms with E-state index < -0.39 is 27.6 Å². The number of halogens is 2. The Morgan fingerprint density at radius 1 is 1.27 bits per heavy atom. The lowest BCUT2D eigenvalue weighted by molar-refractivity contribution is 0.0361. The summed E-state index contributed by atoms with van der Waals surface area (Å²) >= 11 is 0. The molecule has 4 rings (SSSR count). The lowest BCUT2D eigenvalue weighted by Gasteiger charge is -2.43. The van der Waals surface area contributed by atoms with Crippen LogP contribution in [0.15, 0.2) is 18.6 Å². The predicted molar refractivity (Wildman–Crippen MR) is 93.7 cm³/mol. The fraction of sp³-hybridized carbons (Fsp3) is 0.625. The smallest absolute Gasteiger partial charge is 0.241 e. The van der Waals surface area contributed by atoms with Crippen LogP contribution in [0.5, 0.6) is 0 Å². The fourth-order valence-corrected chi connectivity index (χ4v) is 5.56. The van der Waals surface area contributed by atoms with Crippen molar-refractivity contribution in [2.24, 2.45) is 5.92 Å². The molecule has 0 amide bonds. The number of anilines is 1. The van der Waals surface area contributed by atoms with Gasteiger partial charge in [-0.3, -0.25) is 0 Å². The topological polar surface area (TPSA) is 91.0 Å². The highest BCUT2D eigenvalue weighted by Gasteiger charge is 2.45. The third-order valence-electron chi connectivity index (χ3n) is 5.59. The molecule has 2 aromatic heterocycles. The number of H-pyrrole nitrogens is 1. The van der Waals surface area contributed by atoms with E-state index in [1.165, 1.54) is 6.33 Å². The Hall–Kier alpha value is -1.81. The van der Waals surface area contributed by atoms with Gasteiger partial charge in [0.1, 0.15) is 17.8 Å². The highest BCUT2D eigenvalue weighted by molar-refractivity contribution is 7.90. The van der Waals surface area contributed by atoms with Gasteiger partial charge in [-0.25, -0.2) is 31.9 Å². The van der Waals surface area contributed by atoms with Gasteiger partial charge in [0.2, 0.25) is 16.4 Å². The van der Waals surface area contributed by atoms with Crippen LogP contribution in [0.2, 0.25) is 0 Å². The Morgan fingerprint density at radius 3 is 2.69 bits per heavy atom. The largest absolute Gasteiger partial charge is 0.356 e. The first-order valence-electron chi connectivity index (χ1n) is 8.65. The lowest BCUT2D eigenvalue weighted by Crippen LogP contribution is -2.56. The molecule has 0 spiro atoms. The Bertz CT molecular complexity index is 891. The van der Waals surface area contributed by atoms with Crippen molar-refractivity contribution < 1.29 is 17.2 Å². The van der Waals surface area contributed by atoms with Crippen molar-refractivity contribution in [3.05, 3.63) is 18.6 Å². The molecule has 2 fully saturated rings. The minimum atomic E-state index is -3.52. The summed E-state index contributed by atoms with van der Waals surface area (Å²) in [6.07, 6.45) is 2.30. The first kappa shape index (κ1) is 17.6. The molecule has 2 aliphatic carbocycles. The summed E-state index contributed by atoms with van der Waals surface area (Å²) in [7, 11) is -1.59. The molecule has 0 aromatic carbocycles. The van der Waals surface area contributed by atoms with Crippen molar-refractivity contribution in [1.29, 1.82) is 0 Å². The average molecular weight is 385 g/mol. The van der Waals surface area contributed by atoms with Crippen molar-refractivity contribution in [1.82, 2.24) is 19.7 Å². The first-order chi connectivity index (χ1) is 12.3. The van der Waals surface area contributed by atoms with Gasteiger partial charge >= 0.3 is 0 Å². The van der Waals surface area contributed by atoms with Gasteiger partial charge in [0.05, 0.1) is 10.6 Å². The van der Waals surface area contributed by atoms with Crippen LogP contribution in [0.3, 0.4) is 0 Å². The molecule has 2 heterocycles. The molecule has 0 atom stereocenters. The summed E-state index contributed by atoms with van der Waals surface area (Å²) in [6.45, 7) is 0. The molecule has 10 heteroatoms. The molecule has 7 nitrogen and oxygen atoms in total. The fourth-order valence-electron chi connectivity index (χ4n) is 3.71. The van der Waals surface area contributed by atoms with E-state index >= 15 is 0 Å². The predicted octanol–water partition coefficient (Wildman–Crippen LogP) is 1.89. The van der Waals surface area contributed by atoms with Crippen LogP contribution in [0, 0.1) is 5.92 Å². The van der Waals surface area contributed by atoms with Crippen LogP contribution < -0.4 is 9.62 Å². The molecule has 0 aliphatic heterocycles. The van der Waals surface area contributed by atoms with E-state index in [9.17, 15) is 17.2 Å². The van der Waals surface area contributed by atoms with E-state index in [-0.39, 0.29) is 24.9 Å². The second kappa shape index (κ2) is 6.41. The van der Waals surface area contributed by atoms with Crippen molar-refractivity contribution >= 4 is 26.9 Å². The second-order valence-electron chi connectivity index (χ2n) is 7.22. The maximum Gasteiger partial charge on any atom is 0.241 e. The lowest BCUT2D eigenvalue weighted by atomic mass is 9.85. The van der Waals surface area contributed by atoms with Crippen LogP contribution >= 0.6 is 0 Å². The molecule has 0 unspecified atom stereocenters. The van der Waals surface area contributed by atoms with Crippen LogP contribution in [0.25, 0.3) is 11.0 Å². The van der Waals surface area contributed by atoms with Crippen LogP contribution in [-0.4, -0.2) is 54.2 Å². The summed E-state index contributed by atoms with van der Waals surface area (Å²) in [5.41, 5.74) is 0.761. The number of aromatic nitrogens is 3. The number of aromatic amines is 1. The molecule has 2 N–H and O–H groups in total. The minimum Gasteiger partial charge on any atom is -0.356 e. The zero-order chi connectivity index (χ0) is 18.5. The van der Waals surface area contributed by atoms with Crippen LogP contribution in [0.4, 0.5) is 14.6 Å². The van der Waals surface area contributed by atoms with Gasteiger partial charge in [-0.1, -0.05) is 0 Å². The third-order valence-corrected chi connectivity index (χ3v) is 7.51. The zero-order valence-corrected chi connectivity index (χ0v) is 15.1. The van der Waals surface area contributed by atoms with Gasteiger partial charge in [0.15, 0.2) is 0 Å². The summed E-state index contributed by atoms with van der Waals surface area (Å²) in [6, 6.07) is 1.93. The highest BCUT2D eigenvalue weighted by atomic mass is 32.2. The number of hydrogen-bond donors (Lipinski definition) is 2. The molecule has 0 saturated heterocycles. The van der Waals surface area contributed by atoms with Gasteiger partial charge < -0.3 is 9.88 Å². The summed E-state index contributed by atoms with van der Waals surface area (Å²) < 4.78 is 52.3. The number of fused-ring (bicyclic) bond motifs is 1. The molecule has 2 saturated carbocycles. The number of nitrogens with one attached hydrogen (secondary N) is 2. The van der Waals surface area contributed by atoms with Gasteiger partial charge in [0.25, 0.3) is 0 Å². The molecule has 2 aromatic rings. The monoisotopic (exact) mass is 385 g/mol. The van der Waals surface area contributed by atoms with Crippen LogP contribution in [-0.2, 0) is 10.0 Å². The van der Waals surface area contributed by atoms with Gasteiger partial charge in [-0.15, -0.1) is 0 Å². The number of nitrogens with zero attached hydrogens (tertiary/aromatic N) is 3. The third kappa shape index (κ3) is 3.05. The Balaban J connectivity index is 1.33. The summed E-state index contributed by atoms with van der Waals surface area (Å²) in [4.78, 5) is 13.6. The van der Waals surface area contributed by atoms with Crippen molar-refractivity contribution in [3.8, 4) is 0 Å². The van der Waals surface area contributed by atoms with E-state index in [1.54, 1.807) is 6.20 Å². The molecular formula is C16H21F2N5O2S. The van der Waals surface area contributed by atoms with Gasteiger partial charge in [-0.05, 0) is 31.7 Å². The van der Waals surface area contributed by atoms with Gasteiger partial charge in [0, 0.05) is 31.2 Å². The van der Waals surface area contributed by atoms with E-state index in [0.29, 0.717) is 12.8 Å². The van der Waals surface area contributed by atoms with Crippen molar-refractivity contribution in [3.63, 3.8) is 0 Å². The summed E-state index contributed by atoms with van der Waals surface area (Å²) in [5, 5.41) is 0.242. The number of rotatable bonds is 6. The number of alkyl halides is 2. The molecule has 142 valence electrons. The van der Waals surface area contributed by atoms with Gasteiger partial charge in [-0.2, -0.15) is 0 Å². The molecule has 2 aliphatic rings. The Labute approximate surface area is 150 Å². The van der Waals surface area contributed by atoms with E-state index in [4.69, 9.17) is 0 Å². The zero-order valence-electron chi connectivity index (χ0n) is 14.3. The molecular weight excluding hydrogens is 364 g/mol. The first-order valence-corrected chi connectivity index (χ1v) is 10.2. The standard InChI is InChI=1S/C16H21F2N5O2S/c1-23(16-13-2-3-19-15(13)20-8-21-16)11-6-10(7-11)22-26(24,25)12-4-9(5-12)14(17)18/h2-3,8-12,14,22H,4-7H2,1H3,(H,19,20,21)/t9-,10-,11-,12+. The maximum atomic E-state index is 12.5. The van der Waals surface area contributed by atoms with E-state index in [0.717, 1.165) is 16.9 Å². The quantitative estimate of drug-likeness (QED) is 0.792. The SMILES string of the molecule is CN(c1ncnc2[nH]ccc12)[C@H]1C[C@H](NS(=O)(=O)[C@H]2C[C@@H](C(F)F)C2)C1. The minimum absolute atomic E-state index is 0.0510. The maximum absolute atomic E-state index is 12.5. The van der Waals surface area contributed by atoms with E-state index in [1.807, 2.05) is 18.0 Å².